The molecule has 0 heterocycles. The van der Waals surface area contributed by atoms with Gasteiger partial charge in [0.1, 0.15) is 0 Å². The van der Waals surface area contributed by atoms with Crippen LogP contribution in [0.25, 0.3) is 0 Å². The monoisotopic (exact) mass is 323 g/mol. The van der Waals surface area contributed by atoms with Crippen LogP contribution in [0, 0.1) is 0 Å². The molecule has 0 bridgehead atoms. The van der Waals surface area contributed by atoms with Gasteiger partial charge in [-0.3, -0.25) is 0 Å². The number of hydrogen-bond acceptors (Lipinski definition) is 1. The Morgan fingerprint density at radius 2 is 0.909 bits per heavy atom. The third-order valence-corrected chi connectivity index (χ3v) is 10.0. The van der Waals surface area contributed by atoms with Crippen LogP contribution in [0.1, 0.15) is 0 Å². The van der Waals surface area contributed by atoms with Crippen molar-refractivity contribution in [3.63, 3.8) is 0 Å². The molecule has 0 nitrogen and oxygen atoms in total. The van der Waals surface area contributed by atoms with E-state index >= 15 is 0 Å². The molecule has 3 aromatic carbocycles. The highest BCUT2D eigenvalue weighted by Crippen LogP contribution is 2.57. The molecule has 0 unspecified atom stereocenters. The van der Waals surface area contributed by atoms with Crippen LogP contribution in [0.4, 0.5) is 0 Å². The quantitative estimate of drug-likeness (QED) is 0.631. The van der Waals surface area contributed by atoms with Crippen LogP contribution in [0.5, 0.6) is 0 Å². The summed E-state index contributed by atoms with van der Waals surface area (Å²) in [6.45, 7) is 0. The summed E-state index contributed by atoms with van der Waals surface area (Å²) in [4.78, 5) is 0. The Kier molecular flexibility index (Phi) is 4.97. The summed E-state index contributed by atoms with van der Waals surface area (Å²) in [6.07, 6.45) is 2.21. The molecule has 0 N–H and O–H groups in total. The van der Waals surface area contributed by atoms with Crippen molar-refractivity contribution < 1.29 is 0 Å². The van der Waals surface area contributed by atoms with Gasteiger partial charge >= 0.3 is 0 Å². The van der Waals surface area contributed by atoms with Crippen molar-refractivity contribution in [2.75, 3.05) is 11.7 Å². The summed E-state index contributed by atoms with van der Waals surface area (Å²) in [5.41, 5.74) is 1.13. The van der Waals surface area contributed by atoms with Crippen LogP contribution in [0.2, 0.25) is 0 Å². The summed E-state index contributed by atoms with van der Waals surface area (Å²) < 4.78 is 0. The molecule has 3 rings (SSSR count). The Balaban J connectivity index is 2.29. The second kappa shape index (κ2) is 7.13. The molecule has 0 amide bonds. The molecular weight excluding hydrogens is 303 g/mol. The minimum absolute atomic E-state index is 1.13. The zero-order valence-corrected chi connectivity index (χ0v) is 14.4. The van der Waals surface area contributed by atoms with E-state index in [1.54, 1.807) is 0 Å². The van der Waals surface area contributed by atoms with Crippen LogP contribution < -0.4 is 15.9 Å². The second-order valence-electron chi connectivity index (χ2n) is 5.23. The van der Waals surface area contributed by atoms with Gasteiger partial charge in [0.2, 0.25) is 0 Å². The predicted octanol–water partition coefficient (Wildman–Crippen LogP) is 4.30. The summed E-state index contributed by atoms with van der Waals surface area (Å²) in [5.74, 6) is 0. The van der Waals surface area contributed by atoms with Crippen molar-refractivity contribution in [2.45, 2.75) is 0 Å². The van der Waals surface area contributed by atoms with E-state index < -0.39 is 7.26 Å². The van der Waals surface area contributed by atoms with Crippen molar-refractivity contribution in [3.05, 3.63) is 91.0 Å². The van der Waals surface area contributed by atoms with E-state index in [9.17, 15) is 0 Å². The maximum atomic E-state index is 2.30. The second-order valence-corrected chi connectivity index (χ2v) is 10.0. The lowest BCUT2D eigenvalue weighted by molar-refractivity contribution is 1.71. The van der Waals surface area contributed by atoms with E-state index in [-0.39, 0.29) is 0 Å². The number of hydrogen-bond donors (Lipinski definition) is 0. The summed E-state index contributed by atoms with van der Waals surface area (Å²) in [7, 11) is -1.59. The van der Waals surface area contributed by atoms with E-state index in [1.165, 1.54) is 15.9 Å². The number of thioether (sulfide) groups is 1. The van der Waals surface area contributed by atoms with Crippen molar-refractivity contribution in [1.82, 2.24) is 0 Å². The first-order valence-electron chi connectivity index (χ1n) is 7.42. The van der Waals surface area contributed by atoms with E-state index in [0.717, 1.165) is 5.49 Å². The zero-order chi connectivity index (χ0) is 15.3. The van der Waals surface area contributed by atoms with E-state index in [4.69, 9.17) is 0 Å². The molecule has 1 radical (unpaired) electrons. The van der Waals surface area contributed by atoms with Crippen LogP contribution in [-0.4, -0.2) is 11.7 Å². The Morgan fingerprint density at radius 3 is 1.18 bits per heavy atom. The first kappa shape index (κ1) is 15.3. The summed E-state index contributed by atoms with van der Waals surface area (Å²) >= 11 is 1.94. The van der Waals surface area contributed by atoms with Gasteiger partial charge in [0.05, 0.1) is 0 Å². The molecule has 0 aromatic heterocycles. The van der Waals surface area contributed by atoms with E-state index in [1.807, 2.05) is 11.8 Å². The molecule has 0 saturated carbocycles. The molecule has 0 aliphatic carbocycles. The first-order chi connectivity index (χ1) is 10.9. The molecule has 2 heteroatoms. The lowest BCUT2D eigenvalue weighted by Crippen LogP contribution is -2.32. The Labute approximate surface area is 137 Å². The van der Waals surface area contributed by atoms with Crippen LogP contribution >= 0.6 is 19.0 Å². The van der Waals surface area contributed by atoms with Crippen LogP contribution in [0.3, 0.4) is 0 Å². The van der Waals surface area contributed by atoms with Gasteiger partial charge in [-0.15, -0.1) is 0 Å². The summed E-state index contributed by atoms with van der Waals surface area (Å²) in [6, 6.07) is 33.1. The Hall–Kier alpha value is -1.56. The van der Waals surface area contributed by atoms with Crippen LogP contribution in [-0.2, 0) is 0 Å². The smallest absolute Gasteiger partial charge is 0.0213 e. The fraction of sp³-hybridized carbons (Fsp3) is 0.100. The third kappa shape index (κ3) is 2.84. The Morgan fingerprint density at radius 1 is 0.591 bits per heavy atom. The Bertz CT molecular complexity index is 599. The molecule has 111 valence electrons. The average molecular weight is 323 g/mol. The topological polar surface area (TPSA) is 0 Å². The highest BCUT2D eigenvalue weighted by Gasteiger charge is 2.33. The zero-order valence-electron chi connectivity index (χ0n) is 12.7. The van der Waals surface area contributed by atoms with Gasteiger partial charge in [-0.05, 0) is 29.4 Å². The third-order valence-electron chi connectivity index (χ3n) is 3.91. The average Bonchev–Trinajstić information content (AvgIpc) is 2.62. The maximum Gasteiger partial charge on any atom is 0.0213 e. The standard InChI is InChI=1S/C20H20PS/c1-22-17-21(18-11-5-2-6-12-18,19-13-7-3-8-14-19)20-15-9-4-10-16-20/h2-16H,17H2,1H3. The van der Waals surface area contributed by atoms with Crippen molar-refractivity contribution >= 4 is 34.9 Å². The first-order valence-corrected chi connectivity index (χ1v) is 10.8. The van der Waals surface area contributed by atoms with Gasteiger partial charge in [-0.2, -0.15) is 11.8 Å². The summed E-state index contributed by atoms with van der Waals surface area (Å²) in [5, 5.41) is 4.38. The normalized spacial score (nSPS) is 11.3. The molecule has 0 spiro atoms. The van der Waals surface area contributed by atoms with Crippen LogP contribution in [0.15, 0.2) is 91.0 Å². The largest absolute Gasteiger partial charge is 0.160 e. The molecule has 0 atom stereocenters. The molecule has 0 saturated heterocycles. The SMILES string of the molecule is CSC[P](c1ccccc1)(c1ccccc1)c1ccccc1. The molecule has 0 aliphatic rings. The highest BCUT2D eigenvalue weighted by molar-refractivity contribution is 8.12. The van der Waals surface area contributed by atoms with E-state index in [0.29, 0.717) is 0 Å². The van der Waals surface area contributed by atoms with Gasteiger partial charge in [0.25, 0.3) is 0 Å². The lowest BCUT2D eigenvalue weighted by atomic mass is 10.4. The van der Waals surface area contributed by atoms with Crippen molar-refractivity contribution in [1.29, 1.82) is 0 Å². The molecule has 0 aliphatic heterocycles. The number of benzene rings is 3. The molecule has 22 heavy (non-hydrogen) atoms. The maximum absolute atomic E-state index is 2.30. The minimum atomic E-state index is -1.59. The minimum Gasteiger partial charge on any atom is -0.160 e. The number of rotatable bonds is 5. The fourth-order valence-corrected chi connectivity index (χ4v) is 9.19. The fourth-order valence-electron chi connectivity index (χ4n) is 2.91. The van der Waals surface area contributed by atoms with Crippen molar-refractivity contribution in [3.8, 4) is 0 Å². The van der Waals surface area contributed by atoms with E-state index in [2.05, 4.69) is 97.3 Å². The van der Waals surface area contributed by atoms with Gasteiger partial charge < -0.3 is 0 Å². The van der Waals surface area contributed by atoms with Gasteiger partial charge in [-0.1, -0.05) is 91.0 Å². The molecule has 3 aromatic rings. The molecular formula is C20H20PS. The molecule has 0 fully saturated rings. The van der Waals surface area contributed by atoms with Crippen molar-refractivity contribution in [2.24, 2.45) is 0 Å². The predicted molar refractivity (Wildman–Crippen MR) is 104 cm³/mol. The van der Waals surface area contributed by atoms with Gasteiger partial charge in [-0.25, -0.2) is 0 Å². The van der Waals surface area contributed by atoms with Gasteiger partial charge in [0.15, 0.2) is 0 Å². The van der Waals surface area contributed by atoms with Gasteiger partial charge in [0, 0.05) is 5.49 Å². The highest BCUT2D eigenvalue weighted by atomic mass is 32.2. The lowest BCUT2D eigenvalue weighted by Gasteiger charge is -2.37.